The summed E-state index contributed by atoms with van der Waals surface area (Å²) in [6.45, 7) is 4.66. The molecule has 0 N–H and O–H groups in total. The highest BCUT2D eigenvalue weighted by Gasteiger charge is 2.35. The average molecular weight is 413 g/mol. The Hall–Kier alpha value is 2.02. The van der Waals surface area contributed by atoms with E-state index in [2.05, 4.69) is 37.4 Å². The zero-order valence-corrected chi connectivity index (χ0v) is 17.4. The fourth-order valence-electron chi connectivity index (χ4n) is 1.86. The van der Waals surface area contributed by atoms with Crippen molar-refractivity contribution in [3.63, 3.8) is 0 Å². The first-order valence-electron chi connectivity index (χ1n) is 6.22. The molecule has 0 nitrogen and oxygen atoms in total. The summed E-state index contributed by atoms with van der Waals surface area (Å²) < 4.78 is 9.28. The van der Waals surface area contributed by atoms with Crippen molar-refractivity contribution < 1.29 is 0 Å². The van der Waals surface area contributed by atoms with Crippen LogP contribution in [-0.2, 0) is 0 Å². The molecule has 0 spiro atoms. The highest BCUT2D eigenvalue weighted by atomic mass is 32.3. The molecule has 4 aliphatic rings. The topological polar surface area (TPSA) is 0 Å². The van der Waals surface area contributed by atoms with Gasteiger partial charge in [0.25, 0.3) is 0 Å². The predicted molar refractivity (Wildman–Crippen MR) is 110 cm³/mol. The molecule has 0 radical (unpaired) electrons. The van der Waals surface area contributed by atoms with E-state index in [1.807, 2.05) is 70.6 Å². The first-order valence-corrected chi connectivity index (χ1v) is 13.2. The Bertz CT molecular complexity index is 478. The van der Waals surface area contributed by atoms with Crippen LogP contribution in [0.2, 0.25) is 0 Å². The second-order valence-corrected chi connectivity index (χ2v) is 15.2. The van der Waals surface area contributed by atoms with Crippen LogP contribution in [0.1, 0.15) is 13.8 Å². The van der Waals surface area contributed by atoms with E-state index in [4.69, 9.17) is 0 Å². The third-order valence-electron chi connectivity index (χ3n) is 2.76. The summed E-state index contributed by atoms with van der Waals surface area (Å²) in [4.78, 5) is 0. The molecular weight excluding hydrogens is 401 g/mol. The maximum atomic E-state index is 2.33. The molecule has 0 amide bonds. The molecule has 0 unspecified atom stereocenters. The van der Waals surface area contributed by atoms with Gasteiger partial charge in [-0.25, -0.2) is 0 Å². The Balaban J connectivity index is 1.47. The Morgan fingerprint density at radius 2 is 0.950 bits per heavy atom. The molecule has 0 aromatic heterocycles. The summed E-state index contributed by atoms with van der Waals surface area (Å²) in [6.07, 6.45) is 0. The van der Waals surface area contributed by atoms with Crippen molar-refractivity contribution in [1.82, 2.24) is 0 Å². The van der Waals surface area contributed by atoms with Gasteiger partial charge in [-0.3, -0.25) is 0 Å². The highest BCUT2D eigenvalue weighted by Crippen LogP contribution is 2.70. The van der Waals surface area contributed by atoms with Gasteiger partial charge in [-0.05, 0) is 0 Å². The van der Waals surface area contributed by atoms with Crippen LogP contribution in [-0.4, -0.2) is 22.0 Å². The Kier molecular flexibility index (Phi) is 5.05. The van der Waals surface area contributed by atoms with Gasteiger partial charge >= 0.3 is 0 Å². The molecule has 108 valence electrons. The quantitative estimate of drug-likeness (QED) is 0.409. The molecule has 4 rings (SSSR count). The third kappa shape index (κ3) is 3.14. The molecule has 0 aromatic carbocycles. The molecule has 0 aliphatic carbocycles. The van der Waals surface area contributed by atoms with Gasteiger partial charge in [0.05, 0.1) is 25.4 Å². The number of thioether (sulfide) groups is 8. The van der Waals surface area contributed by atoms with Gasteiger partial charge in [0.2, 0.25) is 0 Å². The van der Waals surface area contributed by atoms with E-state index >= 15 is 0 Å². The number of hydrogen-bond acceptors (Lipinski definition) is 8. The SMILES string of the molecule is C[C@@H]1CSC(=C2SC3=C(S2)SC(=C2SC[C@H](C)S2)S3)S1. The largest absolute Gasteiger partial charge is 0.116 e. The van der Waals surface area contributed by atoms with E-state index in [9.17, 15) is 0 Å². The molecule has 2 atom stereocenters. The molecule has 8 heteroatoms. The maximum Gasteiger partial charge on any atom is 0.0718 e. The van der Waals surface area contributed by atoms with E-state index in [1.165, 1.54) is 20.0 Å². The van der Waals surface area contributed by atoms with Gasteiger partial charge in [-0.1, -0.05) is 60.9 Å². The minimum Gasteiger partial charge on any atom is -0.116 e. The lowest BCUT2D eigenvalue weighted by Gasteiger charge is -2.06. The third-order valence-corrected chi connectivity index (χ3v) is 15.4. The van der Waals surface area contributed by atoms with Crippen LogP contribution in [0.3, 0.4) is 0 Å². The second-order valence-electron chi connectivity index (χ2n) is 4.61. The summed E-state index contributed by atoms with van der Waals surface area (Å²) in [6, 6.07) is 0. The van der Waals surface area contributed by atoms with Gasteiger partial charge < -0.3 is 0 Å². The minimum absolute atomic E-state index is 0.782. The van der Waals surface area contributed by atoms with E-state index in [1.54, 1.807) is 16.9 Å². The van der Waals surface area contributed by atoms with Crippen LogP contribution < -0.4 is 0 Å². The molecule has 0 aromatic rings. The zero-order valence-electron chi connectivity index (χ0n) is 10.8. The van der Waals surface area contributed by atoms with Gasteiger partial charge in [-0.2, -0.15) is 0 Å². The molecule has 2 saturated heterocycles. The van der Waals surface area contributed by atoms with Gasteiger partial charge in [0.15, 0.2) is 0 Å². The molecule has 0 bridgehead atoms. The number of hydrogen-bond donors (Lipinski definition) is 0. The fourth-order valence-corrected chi connectivity index (χ4v) is 14.6. The molecule has 4 aliphatic heterocycles. The molecule has 0 saturated carbocycles. The van der Waals surface area contributed by atoms with E-state index < -0.39 is 0 Å². The van der Waals surface area contributed by atoms with Gasteiger partial charge in [0.1, 0.15) is 0 Å². The smallest absolute Gasteiger partial charge is 0.0718 e. The number of rotatable bonds is 0. The van der Waals surface area contributed by atoms with Crippen LogP contribution in [0.5, 0.6) is 0 Å². The lowest BCUT2D eigenvalue weighted by Crippen LogP contribution is -1.88. The van der Waals surface area contributed by atoms with Crippen molar-refractivity contribution in [3.05, 3.63) is 25.4 Å². The summed E-state index contributed by atoms with van der Waals surface area (Å²) >= 11 is 16.3. The molecular formula is C12H12S8. The average Bonchev–Trinajstić information content (AvgIpc) is 3.09. The first kappa shape index (κ1) is 15.5. The summed E-state index contributed by atoms with van der Waals surface area (Å²) in [5.41, 5.74) is 0. The van der Waals surface area contributed by atoms with E-state index in [0.29, 0.717) is 0 Å². The van der Waals surface area contributed by atoms with Crippen LogP contribution in [0.25, 0.3) is 0 Å². The standard InChI is InChI=1S/C12H12S8/c1-5-3-13-7(15-5)9-17-11-12(18-9)20-10(19-11)8-14-4-6(2)16-8/h5-6H,3-4H2,1-2H3/t5-,6+. The van der Waals surface area contributed by atoms with Crippen molar-refractivity contribution >= 4 is 94.1 Å². The molecule has 2 fully saturated rings. The van der Waals surface area contributed by atoms with Crippen molar-refractivity contribution in [2.45, 2.75) is 24.3 Å². The van der Waals surface area contributed by atoms with Crippen LogP contribution in [0.15, 0.2) is 25.4 Å². The highest BCUT2D eigenvalue weighted by molar-refractivity contribution is 8.49. The lowest BCUT2D eigenvalue weighted by molar-refractivity contribution is 1.15. The van der Waals surface area contributed by atoms with Crippen molar-refractivity contribution in [2.75, 3.05) is 11.5 Å². The minimum atomic E-state index is 0.782. The first-order chi connectivity index (χ1) is 9.69. The van der Waals surface area contributed by atoms with Crippen molar-refractivity contribution in [1.29, 1.82) is 0 Å². The Morgan fingerprint density at radius 3 is 1.25 bits per heavy atom. The Morgan fingerprint density at radius 1 is 0.600 bits per heavy atom. The van der Waals surface area contributed by atoms with Gasteiger partial charge in [-0.15, -0.1) is 47.0 Å². The van der Waals surface area contributed by atoms with E-state index in [0.717, 1.165) is 10.5 Å². The van der Waals surface area contributed by atoms with Crippen LogP contribution in [0.4, 0.5) is 0 Å². The predicted octanol–water partition coefficient (Wildman–Crippen LogP) is 7.06. The molecule has 20 heavy (non-hydrogen) atoms. The van der Waals surface area contributed by atoms with Crippen molar-refractivity contribution in [3.8, 4) is 0 Å². The van der Waals surface area contributed by atoms with Crippen LogP contribution >= 0.6 is 94.1 Å². The van der Waals surface area contributed by atoms with Crippen LogP contribution in [0, 0.1) is 0 Å². The molecule has 4 heterocycles. The lowest BCUT2D eigenvalue weighted by atomic mass is 10.6. The fraction of sp³-hybridized carbons (Fsp3) is 0.500. The second kappa shape index (κ2) is 6.49. The monoisotopic (exact) mass is 412 g/mol. The normalized spacial score (nSPS) is 33.9. The zero-order chi connectivity index (χ0) is 13.7. The van der Waals surface area contributed by atoms with E-state index in [-0.39, 0.29) is 0 Å². The summed E-state index contributed by atoms with van der Waals surface area (Å²) in [5.74, 6) is 2.55. The summed E-state index contributed by atoms with van der Waals surface area (Å²) in [7, 11) is 0. The van der Waals surface area contributed by atoms with Crippen molar-refractivity contribution in [2.24, 2.45) is 0 Å². The Labute approximate surface area is 154 Å². The maximum absolute atomic E-state index is 2.33. The summed E-state index contributed by atoms with van der Waals surface area (Å²) in [5, 5.41) is 1.56. The van der Waals surface area contributed by atoms with Gasteiger partial charge in [0, 0.05) is 22.0 Å².